The second-order valence-corrected chi connectivity index (χ2v) is 4.82. The van der Waals surface area contributed by atoms with Crippen molar-refractivity contribution in [3.05, 3.63) is 83.1 Å². The number of carbonyl (C=O) groups is 2. The molecule has 120 valence electrons. The van der Waals surface area contributed by atoms with Crippen molar-refractivity contribution >= 4 is 30.3 Å². The molecule has 0 fully saturated rings. The number of aliphatic imine (C=N–C) groups is 1. The highest BCUT2D eigenvalue weighted by Crippen LogP contribution is 2.10. The van der Waals surface area contributed by atoms with Crippen molar-refractivity contribution in [2.75, 3.05) is 0 Å². The number of carboxylic acids is 2. The lowest BCUT2D eigenvalue weighted by Crippen LogP contribution is -2.04. The summed E-state index contributed by atoms with van der Waals surface area (Å²) in [6.45, 7) is 0. The minimum absolute atomic E-state index is 0.110. The highest BCUT2D eigenvalue weighted by molar-refractivity contribution is 6.13. The minimum Gasteiger partial charge on any atom is -0.478 e. The van der Waals surface area contributed by atoms with Gasteiger partial charge in [0.1, 0.15) is 5.70 Å². The first kappa shape index (κ1) is 16.9. The fourth-order valence-electron chi connectivity index (χ4n) is 1.88. The summed E-state index contributed by atoms with van der Waals surface area (Å²) < 4.78 is 0. The largest absolute Gasteiger partial charge is 0.478 e. The zero-order chi connectivity index (χ0) is 17.4. The van der Waals surface area contributed by atoms with Crippen molar-refractivity contribution in [3.63, 3.8) is 0 Å². The van der Waals surface area contributed by atoms with Gasteiger partial charge in [0, 0.05) is 6.21 Å². The van der Waals surface area contributed by atoms with Crippen LogP contribution in [-0.2, 0) is 9.59 Å². The van der Waals surface area contributed by atoms with E-state index >= 15 is 0 Å². The molecule has 0 aromatic heterocycles. The Morgan fingerprint density at radius 3 is 1.71 bits per heavy atom. The van der Waals surface area contributed by atoms with Gasteiger partial charge in [-0.25, -0.2) is 14.6 Å². The second-order valence-electron chi connectivity index (χ2n) is 4.82. The van der Waals surface area contributed by atoms with Gasteiger partial charge in [0.25, 0.3) is 0 Å². The molecule has 0 saturated carbocycles. The first-order chi connectivity index (χ1) is 11.6. The quantitative estimate of drug-likeness (QED) is 0.631. The summed E-state index contributed by atoms with van der Waals surface area (Å²) in [4.78, 5) is 26.4. The number of rotatable bonds is 6. The maximum absolute atomic E-state index is 11.3. The van der Waals surface area contributed by atoms with Crippen LogP contribution in [-0.4, -0.2) is 28.4 Å². The molecule has 5 heteroatoms. The third kappa shape index (κ3) is 5.06. The molecule has 0 atom stereocenters. The molecule has 0 bridgehead atoms. The Hall–Kier alpha value is -3.47. The molecule has 0 saturated heterocycles. The Morgan fingerprint density at radius 2 is 1.25 bits per heavy atom. The van der Waals surface area contributed by atoms with Gasteiger partial charge in [-0.05, 0) is 23.3 Å². The van der Waals surface area contributed by atoms with Gasteiger partial charge >= 0.3 is 11.9 Å². The zero-order valence-corrected chi connectivity index (χ0v) is 12.7. The molecule has 0 amide bonds. The summed E-state index contributed by atoms with van der Waals surface area (Å²) in [7, 11) is 0. The molecule has 0 heterocycles. The Kier molecular flexibility index (Phi) is 5.80. The van der Waals surface area contributed by atoms with E-state index in [1.54, 1.807) is 48.5 Å². The summed E-state index contributed by atoms with van der Waals surface area (Å²) >= 11 is 0. The topological polar surface area (TPSA) is 87.0 Å². The lowest BCUT2D eigenvalue weighted by atomic mass is 10.1. The van der Waals surface area contributed by atoms with E-state index in [0.29, 0.717) is 11.1 Å². The number of benzene rings is 2. The van der Waals surface area contributed by atoms with Gasteiger partial charge < -0.3 is 10.2 Å². The molecule has 2 aromatic carbocycles. The first-order valence-corrected chi connectivity index (χ1v) is 7.10. The summed E-state index contributed by atoms with van der Waals surface area (Å²) in [5.41, 5.74) is 0.990. The molecular formula is C19H15NO4. The van der Waals surface area contributed by atoms with Crippen LogP contribution in [0.2, 0.25) is 0 Å². The molecule has 0 aliphatic carbocycles. The molecular weight excluding hydrogens is 306 g/mol. The van der Waals surface area contributed by atoms with Crippen LogP contribution < -0.4 is 0 Å². The van der Waals surface area contributed by atoms with Crippen LogP contribution >= 0.6 is 0 Å². The van der Waals surface area contributed by atoms with E-state index in [1.165, 1.54) is 12.2 Å². The minimum atomic E-state index is -1.24. The summed E-state index contributed by atoms with van der Waals surface area (Å²) in [5.74, 6) is -2.42. The van der Waals surface area contributed by atoms with Gasteiger partial charge in [0.05, 0.1) is 5.57 Å². The number of hydrogen-bond donors (Lipinski definition) is 2. The molecule has 2 aromatic rings. The average Bonchev–Trinajstić information content (AvgIpc) is 2.58. The third-order valence-electron chi connectivity index (χ3n) is 3.03. The van der Waals surface area contributed by atoms with E-state index in [0.717, 1.165) is 6.21 Å². The lowest BCUT2D eigenvalue weighted by molar-refractivity contribution is -0.133. The smallest absolute Gasteiger partial charge is 0.354 e. The summed E-state index contributed by atoms with van der Waals surface area (Å²) in [6.07, 6.45) is 3.84. The Labute approximate surface area is 138 Å². The van der Waals surface area contributed by atoms with E-state index in [1.807, 2.05) is 12.1 Å². The van der Waals surface area contributed by atoms with Gasteiger partial charge in [-0.1, -0.05) is 60.7 Å². The van der Waals surface area contributed by atoms with Gasteiger partial charge in [-0.3, -0.25) is 0 Å². The molecule has 0 unspecified atom stereocenters. The van der Waals surface area contributed by atoms with Gasteiger partial charge in [0.15, 0.2) is 0 Å². The van der Waals surface area contributed by atoms with Crippen molar-refractivity contribution in [2.24, 2.45) is 4.99 Å². The highest BCUT2D eigenvalue weighted by Gasteiger charge is 2.08. The first-order valence-electron chi connectivity index (χ1n) is 7.10. The van der Waals surface area contributed by atoms with Crippen LogP contribution in [0.3, 0.4) is 0 Å². The third-order valence-corrected chi connectivity index (χ3v) is 3.03. The fraction of sp³-hybridized carbons (Fsp3) is 0. The number of nitrogens with zero attached hydrogens (tertiary/aromatic N) is 1. The molecule has 0 spiro atoms. The SMILES string of the molecule is O=C(O)C(=C/c1ccccc1)/N=C\C(=C/c1ccccc1)C(=O)O. The Balaban J connectivity index is 2.32. The van der Waals surface area contributed by atoms with E-state index in [-0.39, 0.29) is 11.3 Å². The molecule has 0 aliphatic rings. The van der Waals surface area contributed by atoms with E-state index in [4.69, 9.17) is 0 Å². The van der Waals surface area contributed by atoms with Crippen LogP contribution in [0, 0.1) is 0 Å². The normalized spacial score (nSPS) is 12.3. The van der Waals surface area contributed by atoms with Crippen molar-refractivity contribution in [1.29, 1.82) is 0 Å². The molecule has 2 N–H and O–H groups in total. The maximum Gasteiger partial charge on any atom is 0.354 e. The number of hydrogen-bond acceptors (Lipinski definition) is 3. The van der Waals surface area contributed by atoms with Crippen molar-refractivity contribution < 1.29 is 19.8 Å². The molecule has 0 aliphatic heterocycles. The van der Waals surface area contributed by atoms with Crippen LogP contribution in [0.15, 0.2) is 76.9 Å². The second kappa shape index (κ2) is 8.24. The Bertz CT molecular complexity index is 736. The summed E-state index contributed by atoms with van der Waals surface area (Å²) in [6, 6.07) is 17.7. The van der Waals surface area contributed by atoms with Crippen molar-refractivity contribution in [2.45, 2.75) is 0 Å². The van der Waals surface area contributed by atoms with Crippen LogP contribution in [0.25, 0.3) is 12.2 Å². The lowest BCUT2D eigenvalue weighted by Gasteiger charge is -1.99. The number of carboxylic acid groups (broad SMARTS) is 2. The van der Waals surface area contributed by atoms with Crippen LogP contribution in [0.4, 0.5) is 0 Å². The van der Waals surface area contributed by atoms with Gasteiger partial charge in [-0.2, -0.15) is 0 Å². The Morgan fingerprint density at radius 1 is 0.750 bits per heavy atom. The van der Waals surface area contributed by atoms with E-state index in [9.17, 15) is 19.8 Å². The summed E-state index contributed by atoms with van der Waals surface area (Å²) in [5, 5.41) is 18.5. The number of aliphatic carboxylic acids is 2. The predicted molar refractivity (Wildman–Crippen MR) is 92.6 cm³/mol. The van der Waals surface area contributed by atoms with Gasteiger partial charge in [-0.15, -0.1) is 0 Å². The van der Waals surface area contributed by atoms with E-state index < -0.39 is 11.9 Å². The van der Waals surface area contributed by atoms with Gasteiger partial charge in [0.2, 0.25) is 0 Å². The van der Waals surface area contributed by atoms with Crippen molar-refractivity contribution in [1.82, 2.24) is 0 Å². The molecule has 2 rings (SSSR count). The fourth-order valence-corrected chi connectivity index (χ4v) is 1.88. The maximum atomic E-state index is 11.3. The monoisotopic (exact) mass is 321 g/mol. The van der Waals surface area contributed by atoms with Crippen LogP contribution in [0.1, 0.15) is 11.1 Å². The zero-order valence-electron chi connectivity index (χ0n) is 12.7. The molecule has 5 nitrogen and oxygen atoms in total. The average molecular weight is 321 g/mol. The molecule has 24 heavy (non-hydrogen) atoms. The standard InChI is InChI=1S/C19H15NO4/c21-18(22)16(11-14-7-3-1-4-8-14)13-20-17(19(23)24)12-15-9-5-2-6-10-15/h1-13H,(H,21,22)(H,23,24)/b16-11+,17-12-,20-13-. The highest BCUT2D eigenvalue weighted by atomic mass is 16.4. The predicted octanol–water partition coefficient (Wildman–Crippen LogP) is 3.35. The van der Waals surface area contributed by atoms with Crippen molar-refractivity contribution in [3.8, 4) is 0 Å². The molecule has 0 radical (unpaired) electrons. The van der Waals surface area contributed by atoms with E-state index in [2.05, 4.69) is 4.99 Å². The van der Waals surface area contributed by atoms with Crippen LogP contribution in [0.5, 0.6) is 0 Å².